The summed E-state index contributed by atoms with van der Waals surface area (Å²) in [5, 5.41) is 8.95. The Morgan fingerprint density at radius 2 is 2.06 bits per heavy atom. The fourth-order valence-corrected chi connectivity index (χ4v) is 2.25. The standard InChI is InChI=1S/C15H28N2O/c1-2-3-4-5-6-7-8-9-10-15-16-11-12-17(15)13-14-18/h4-5,18H,2-3,6-14H2,1H3/b5-4+. The van der Waals surface area contributed by atoms with Crippen molar-refractivity contribution >= 4 is 5.84 Å². The van der Waals surface area contributed by atoms with Gasteiger partial charge in [0.25, 0.3) is 0 Å². The van der Waals surface area contributed by atoms with Gasteiger partial charge in [-0.15, -0.1) is 0 Å². The number of β-amino-alcohol motifs (C(OH)–C–C–N with tert-alkyl or cyclic N) is 1. The number of hydrogen-bond acceptors (Lipinski definition) is 3. The van der Waals surface area contributed by atoms with E-state index in [0.717, 1.165) is 26.1 Å². The first-order valence-corrected chi connectivity index (χ1v) is 7.42. The third-order valence-corrected chi connectivity index (χ3v) is 3.29. The predicted octanol–water partition coefficient (Wildman–Crippen LogP) is 3.00. The molecule has 0 fully saturated rings. The molecule has 3 nitrogen and oxygen atoms in total. The zero-order valence-electron chi connectivity index (χ0n) is 11.8. The van der Waals surface area contributed by atoms with Gasteiger partial charge in [-0.1, -0.05) is 31.9 Å². The van der Waals surface area contributed by atoms with Crippen molar-refractivity contribution in [2.24, 2.45) is 4.99 Å². The first-order valence-electron chi connectivity index (χ1n) is 7.42. The number of rotatable bonds is 10. The van der Waals surface area contributed by atoms with Crippen LogP contribution in [0.5, 0.6) is 0 Å². The van der Waals surface area contributed by atoms with Crippen LogP contribution in [0, 0.1) is 0 Å². The number of aliphatic hydroxyl groups is 1. The van der Waals surface area contributed by atoms with Crippen LogP contribution < -0.4 is 0 Å². The molecule has 104 valence electrons. The van der Waals surface area contributed by atoms with Crippen LogP contribution in [-0.4, -0.2) is 42.1 Å². The first kappa shape index (κ1) is 15.2. The summed E-state index contributed by atoms with van der Waals surface area (Å²) in [6, 6.07) is 0. The van der Waals surface area contributed by atoms with Gasteiger partial charge in [0, 0.05) is 19.5 Å². The van der Waals surface area contributed by atoms with Crippen LogP contribution in [0.4, 0.5) is 0 Å². The molecule has 1 aliphatic heterocycles. The van der Waals surface area contributed by atoms with Crippen LogP contribution in [0.3, 0.4) is 0 Å². The van der Waals surface area contributed by atoms with Gasteiger partial charge in [-0.25, -0.2) is 0 Å². The summed E-state index contributed by atoms with van der Waals surface area (Å²) in [5.41, 5.74) is 0. The number of allylic oxidation sites excluding steroid dienone is 2. The Bertz CT molecular complexity index is 261. The zero-order chi connectivity index (χ0) is 13.1. The number of nitrogens with zero attached hydrogens (tertiary/aromatic N) is 2. The topological polar surface area (TPSA) is 35.8 Å². The molecule has 0 bridgehead atoms. The van der Waals surface area contributed by atoms with E-state index in [4.69, 9.17) is 5.11 Å². The molecule has 0 aromatic carbocycles. The molecule has 0 spiro atoms. The Balaban J connectivity index is 2.00. The molecule has 0 saturated carbocycles. The molecule has 0 amide bonds. The number of aliphatic imine (C=N–C) groups is 1. The van der Waals surface area contributed by atoms with Gasteiger partial charge < -0.3 is 10.0 Å². The van der Waals surface area contributed by atoms with E-state index in [0.29, 0.717) is 0 Å². The molecule has 1 N–H and O–H groups in total. The molecule has 0 aromatic rings. The SMILES string of the molecule is CCC/C=C/CCCCCC1=NCCN1CCO. The minimum absolute atomic E-state index is 0.237. The molecule has 1 rings (SSSR count). The zero-order valence-corrected chi connectivity index (χ0v) is 11.8. The van der Waals surface area contributed by atoms with E-state index in [1.165, 1.54) is 44.4 Å². The van der Waals surface area contributed by atoms with Crippen molar-refractivity contribution in [2.45, 2.75) is 51.9 Å². The van der Waals surface area contributed by atoms with Gasteiger partial charge in [0.1, 0.15) is 0 Å². The second kappa shape index (κ2) is 10.1. The Morgan fingerprint density at radius 3 is 2.83 bits per heavy atom. The van der Waals surface area contributed by atoms with Gasteiger partial charge in [-0.3, -0.25) is 4.99 Å². The number of aliphatic hydroxyl groups excluding tert-OH is 1. The van der Waals surface area contributed by atoms with E-state index < -0.39 is 0 Å². The second-order valence-electron chi connectivity index (χ2n) is 4.87. The lowest BCUT2D eigenvalue weighted by atomic mass is 10.1. The minimum atomic E-state index is 0.237. The molecular weight excluding hydrogens is 224 g/mol. The molecule has 0 aromatic heterocycles. The highest BCUT2D eigenvalue weighted by Crippen LogP contribution is 2.10. The van der Waals surface area contributed by atoms with Crippen molar-refractivity contribution in [3.8, 4) is 0 Å². The lowest BCUT2D eigenvalue weighted by Crippen LogP contribution is -2.30. The molecule has 0 unspecified atom stereocenters. The minimum Gasteiger partial charge on any atom is -0.395 e. The van der Waals surface area contributed by atoms with E-state index in [2.05, 4.69) is 29.0 Å². The maximum atomic E-state index is 8.95. The lowest BCUT2D eigenvalue weighted by molar-refractivity contribution is 0.255. The monoisotopic (exact) mass is 252 g/mol. The maximum Gasteiger partial charge on any atom is 0.0991 e. The van der Waals surface area contributed by atoms with Crippen LogP contribution in [0.25, 0.3) is 0 Å². The molecule has 0 radical (unpaired) electrons. The van der Waals surface area contributed by atoms with E-state index in [1.54, 1.807) is 0 Å². The van der Waals surface area contributed by atoms with E-state index in [1.807, 2.05) is 0 Å². The number of amidine groups is 1. The summed E-state index contributed by atoms with van der Waals surface area (Å²) in [7, 11) is 0. The highest BCUT2D eigenvalue weighted by molar-refractivity contribution is 5.83. The smallest absolute Gasteiger partial charge is 0.0991 e. The largest absolute Gasteiger partial charge is 0.395 e. The summed E-state index contributed by atoms with van der Waals surface area (Å²) in [5.74, 6) is 1.21. The molecule has 0 saturated heterocycles. The van der Waals surface area contributed by atoms with Gasteiger partial charge >= 0.3 is 0 Å². The van der Waals surface area contributed by atoms with E-state index in [-0.39, 0.29) is 6.61 Å². The van der Waals surface area contributed by atoms with Crippen molar-refractivity contribution in [1.82, 2.24) is 4.90 Å². The molecule has 18 heavy (non-hydrogen) atoms. The lowest BCUT2D eigenvalue weighted by Gasteiger charge is -2.18. The molecule has 1 aliphatic rings. The molecule has 1 heterocycles. The Labute approximate surface area is 112 Å². The van der Waals surface area contributed by atoms with Crippen LogP contribution >= 0.6 is 0 Å². The van der Waals surface area contributed by atoms with Gasteiger partial charge in [0.05, 0.1) is 19.0 Å². The average molecular weight is 252 g/mol. The van der Waals surface area contributed by atoms with Crippen LogP contribution in [0.1, 0.15) is 51.9 Å². The highest BCUT2D eigenvalue weighted by atomic mass is 16.3. The normalized spacial score (nSPS) is 15.7. The third kappa shape index (κ3) is 6.20. The summed E-state index contributed by atoms with van der Waals surface area (Å²) < 4.78 is 0. The van der Waals surface area contributed by atoms with Gasteiger partial charge in [-0.05, 0) is 25.7 Å². The predicted molar refractivity (Wildman–Crippen MR) is 78.1 cm³/mol. The fraction of sp³-hybridized carbons (Fsp3) is 0.800. The Morgan fingerprint density at radius 1 is 1.22 bits per heavy atom. The van der Waals surface area contributed by atoms with Gasteiger partial charge in [-0.2, -0.15) is 0 Å². The fourth-order valence-electron chi connectivity index (χ4n) is 2.25. The van der Waals surface area contributed by atoms with Crippen LogP contribution in [-0.2, 0) is 0 Å². The summed E-state index contributed by atoms with van der Waals surface area (Å²) >= 11 is 0. The van der Waals surface area contributed by atoms with Crippen molar-refractivity contribution in [3.05, 3.63) is 12.2 Å². The Hall–Kier alpha value is -0.830. The Kier molecular flexibility index (Phi) is 8.57. The van der Waals surface area contributed by atoms with E-state index >= 15 is 0 Å². The second-order valence-corrected chi connectivity index (χ2v) is 4.87. The summed E-state index contributed by atoms with van der Waals surface area (Å²) in [6.45, 7) is 5.11. The number of hydrogen-bond donors (Lipinski definition) is 1. The van der Waals surface area contributed by atoms with Gasteiger partial charge in [0.15, 0.2) is 0 Å². The highest BCUT2D eigenvalue weighted by Gasteiger charge is 2.14. The van der Waals surface area contributed by atoms with E-state index in [9.17, 15) is 0 Å². The van der Waals surface area contributed by atoms with Crippen LogP contribution in [0.15, 0.2) is 17.1 Å². The quantitative estimate of drug-likeness (QED) is 0.479. The summed E-state index contributed by atoms with van der Waals surface area (Å²) in [4.78, 5) is 6.73. The maximum absolute atomic E-state index is 8.95. The summed E-state index contributed by atoms with van der Waals surface area (Å²) in [6.07, 6.45) is 13.2. The average Bonchev–Trinajstić information content (AvgIpc) is 2.81. The van der Waals surface area contributed by atoms with Crippen molar-refractivity contribution in [2.75, 3.05) is 26.2 Å². The number of unbranched alkanes of at least 4 members (excludes halogenated alkanes) is 4. The first-order chi connectivity index (χ1) is 8.88. The van der Waals surface area contributed by atoms with Crippen molar-refractivity contribution < 1.29 is 5.11 Å². The van der Waals surface area contributed by atoms with Crippen molar-refractivity contribution in [3.63, 3.8) is 0 Å². The third-order valence-electron chi connectivity index (χ3n) is 3.29. The molecule has 3 heteroatoms. The molecular formula is C15H28N2O. The molecule has 0 atom stereocenters. The van der Waals surface area contributed by atoms with Crippen LogP contribution in [0.2, 0.25) is 0 Å². The molecule has 0 aliphatic carbocycles. The van der Waals surface area contributed by atoms with Crippen molar-refractivity contribution in [1.29, 1.82) is 0 Å². The van der Waals surface area contributed by atoms with Gasteiger partial charge in [0.2, 0.25) is 0 Å².